The fourth-order valence-corrected chi connectivity index (χ4v) is 4.24. The van der Waals surface area contributed by atoms with Crippen LogP contribution in [0.5, 0.6) is 23.0 Å². The fourth-order valence-electron chi connectivity index (χ4n) is 3.45. The van der Waals surface area contributed by atoms with Gasteiger partial charge in [0.05, 0.1) is 17.9 Å². The Kier molecular flexibility index (Phi) is 6.39. The smallest absolute Gasteiger partial charge is 0.254 e. The SMILES string of the molecule is O=C(CSc1ncccc1C(=O)NCC1COc2ccccc2O1)Nc1ccc2c(c1)OCO2. The molecule has 0 saturated carbocycles. The van der Waals surface area contributed by atoms with Gasteiger partial charge in [-0.15, -0.1) is 0 Å². The van der Waals surface area contributed by atoms with Crippen LogP contribution in [0.1, 0.15) is 10.4 Å². The van der Waals surface area contributed by atoms with E-state index in [0.717, 1.165) is 0 Å². The van der Waals surface area contributed by atoms with E-state index in [9.17, 15) is 9.59 Å². The quantitative estimate of drug-likeness (QED) is 0.498. The van der Waals surface area contributed by atoms with Crippen LogP contribution in [0.2, 0.25) is 0 Å². The van der Waals surface area contributed by atoms with Gasteiger partial charge in [0.2, 0.25) is 12.7 Å². The van der Waals surface area contributed by atoms with Crippen LogP contribution in [0.3, 0.4) is 0 Å². The van der Waals surface area contributed by atoms with Crippen molar-refractivity contribution in [3.05, 3.63) is 66.4 Å². The molecule has 2 amide bonds. The topological polar surface area (TPSA) is 108 Å². The van der Waals surface area contributed by atoms with Gasteiger partial charge in [-0.05, 0) is 36.4 Å². The van der Waals surface area contributed by atoms with Gasteiger partial charge in [-0.2, -0.15) is 0 Å². The number of nitrogens with zero attached hydrogens (tertiary/aromatic N) is 1. The van der Waals surface area contributed by atoms with Crippen LogP contribution in [0.25, 0.3) is 0 Å². The highest BCUT2D eigenvalue weighted by atomic mass is 32.2. The molecule has 2 aliphatic rings. The molecule has 2 aromatic carbocycles. The Balaban J connectivity index is 1.15. The molecule has 0 radical (unpaired) electrons. The van der Waals surface area contributed by atoms with Crippen LogP contribution in [-0.2, 0) is 4.79 Å². The third-order valence-corrected chi connectivity index (χ3v) is 6.08. The molecule has 174 valence electrons. The number of carbonyl (C=O) groups is 2. The minimum absolute atomic E-state index is 0.0854. The Bertz CT molecular complexity index is 1220. The maximum absolute atomic E-state index is 12.8. The average molecular weight is 480 g/mol. The number of amides is 2. The first-order valence-corrected chi connectivity index (χ1v) is 11.6. The van der Waals surface area contributed by atoms with Crippen molar-refractivity contribution in [2.24, 2.45) is 0 Å². The lowest BCUT2D eigenvalue weighted by Gasteiger charge is -2.26. The maximum atomic E-state index is 12.8. The van der Waals surface area contributed by atoms with Gasteiger partial charge < -0.3 is 29.6 Å². The van der Waals surface area contributed by atoms with E-state index in [4.69, 9.17) is 18.9 Å². The summed E-state index contributed by atoms with van der Waals surface area (Å²) in [5.74, 6) is 2.13. The molecule has 0 bridgehead atoms. The van der Waals surface area contributed by atoms with Crippen molar-refractivity contribution in [3.63, 3.8) is 0 Å². The summed E-state index contributed by atoms with van der Waals surface area (Å²) in [6.07, 6.45) is 1.28. The highest BCUT2D eigenvalue weighted by Crippen LogP contribution is 2.34. The molecular weight excluding hydrogens is 458 g/mol. The van der Waals surface area contributed by atoms with E-state index in [2.05, 4.69) is 15.6 Å². The van der Waals surface area contributed by atoms with E-state index in [1.165, 1.54) is 11.8 Å². The van der Waals surface area contributed by atoms with Crippen molar-refractivity contribution in [3.8, 4) is 23.0 Å². The number of ether oxygens (including phenoxy) is 4. The van der Waals surface area contributed by atoms with Gasteiger partial charge >= 0.3 is 0 Å². The normalized spacial score (nSPS) is 15.5. The molecule has 0 spiro atoms. The van der Waals surface area contributed by atoms with Gasteiger partial charge in [0, 0.05) is 18.0 Å². The van der Waals surface area contributed by atoms with Crippen molar-refractivity contribution in [2.45, 2.75) is 11.1 Å². The number of fused-ring (bicyclic) bond motifs is 2. The fraction of sp³-hybridized carbons (Fsp3) is 0.208. The number of hydrogen-bond acceptors (Lipinski definition) is 8. The van der Waals surface area contributed by atoms with Crippen molar-refractivity contribution in [1.29, 1.82) is 0 Å². The lowest BCUT2D eigenvalue weighted by molar-refractivity contribution is -0.113. The lowest BCUT2D eigenvalue weighted by Crippen LogP contribution is -2.40. The van der Waals surface area contributed by atoms with Gasteiger partial charge in [-0.25, -0.2) is 4.98 Å². The van der Waals surface area contributed by atoms with Crippen molar-refractivity contribution >= 4 is 29.3 Å². The molecule has 10 heteroatoms. The van der Waals surface area contributed by atoms with Crippen molar-refractivity contribution in [2.75, 3.05) is 31.0 Å². The summed E-state index contributed by atoms with van der Waals surface area (Å²) in [5.41, 5.74) is 0.991. The van der Waals surface area contributed by atoms with Crippen molar-refractivity contribution < 1.29 is 28.5 Å². The summed E-state index contributed by atoms with van der Waals surface area (Å²) in [7, 11) is 0. The average Bonchev–Trinajstić information content (AvgIpc) is 3.34. The molecule has 1 atom stereocenters. The summed E-state index contributed by atoms with van der Waals surface area (Å²) < 4.78 is 22.2. The van der Waals surface area contributed by atoms with Crippen LogP contribution >= 0.6 is 11.8 Å². The van der Waals surface area contributed by atoms with E-state index in [0.29, 0.717) is 45.9 Å². The molecule has 0 saturated heterocycles. The number of pyridine rings is 1. The minimum atomic E-state index is -0.306. The second kappa shape index (κ2) is 9.92. The number of benzene rings is 2. The second-order valence-electron chi connectivity index (χ2n) is 7.47. The third kappa shape index (κ3) is 5.01. The molecule has 0 fully saturated rings. The number of aromatic nitrogens is 1. The number of para-hydroxylation sites is 2. The van der Waals surface area contributed by atoms with E-state index < -0.39 is 0 Å². The molecule has 3 aromatic rings. The van der Waals surface area contributed by atoms with Gasteiger partial charge in [-0.1, -0.05) is 23.9 Å². The number of carbonyl (C=O) groups excluding carboxylic acids is 2. The molecule has 9 nitrogen and oxygen atoms in total. The Morgan fingerprint density at radius 2 is 1.79 bits per heavy atom. The van der Waals surface area contributed by atoms with Gasteiger partial charge in [-0.3, -0.25) is 9.59 Å². The number of rotatable bonds is 7. The number of anilines is 1. The molecule has 1 unspecified atom stereocenters. The highest BCUT2D eigenvalue weighted by Gasteiger charge is 2.22. The minimum Gasteiger partial charge on any atom is -0.486 e. The van der Waals surface area contributed by atoms with Crippen LogP contribution < -0.4 is 29.6 Å². The van der Waals surface area contributed by atoms with Gasteiger partial charge in [0.25, 0.3) is 5.91 Å². The first kappa shape index (κ1) is 21.9. The predicted molar refractivity (Wildman–Crippen MR) is 125 cm³/mol. The molecule has 1 aromatic heterocycles. The first-order valence-electron chi connectivity index (χ1n) is 10.6. The number of hydrogen-bond donors (Lipinski definition) is 2. The zero-order chi connectivity index (χ0) is 23.3. The molecule has 3 heterocycles. The van der Waals surface area contributed by atoms with E-state index in [1.54, 1.807) is 36.5 Å². The molecule has 5 rings (SSSR count). The first-order chi connectivity index (χ1) is 16.7. The lowest BCUT2D eigenvalue weighted by atomic mass is 10.2. The molecule has 0 aliphatic carbocycles. The summed E-state index contributed by atoms with van der Waals surface area (Å²) in [5, 5.41) is 6.15. The summed E-state index contributed by atoms with van der Waals surface area (Å²) in [4.78, 5) is 29.5. The highest BCUT2D eigenvalue weighted by molar-refractivity contribution is 8.00. The zero-order valence-electron chi connectivity index (χ0n) is 18.0. The summed E-state index contributed by atoms with van der Waals surface area (Å²) >= 11 is 1.18. The molecule has 34 heavy (non-hydrogen) atoms. The Labute approximate surface area is 199 Å². The van der Waals surface area contributed by atoms with Crippen LogP contribution in [0.4, 0.5) is 5.69 Å². The summed E-state index contributed by atoms with van der Waals surface area (Å²) in [6.45, 7) is 0.781. The molecular formula is C24H21N3O6S. The second-order valence-corrected chi connectivity index (χ2v) is 8.43. The van der Waals surface area contributed by atoms with Gasteiger partial charge in [0.15, 0.2) is 23.0 Å². The molecule has 2 aliphatic heterocycles. The van der Waals surface area contributed by atoms with E-state index in [-0.39, 0.29) is 37.0 Å². The molecule has 2 N–H and O–H groups in total. The third-order valence-electron chi connectivity index (χ3n) is 5.07. The maximum Gasteiger partial charge on any atom is 0.254 e. The monoisotopic (exact) mass is 479 g/mol. The predicted octanol–water partition coefficient (Wildman–Crippen LogP) is 3.11. The number of nitrogens with one attached hydrogen (secondary N) is 2. The number of thioether (sulfide) groups is 1. The van der Waals surface area contributed by atoms with E-state index in [1.807, 2.05) is 24.3 Å². The largest absolute Gasteiger partial charge is 0.486 e. The Hall–Kier alpha value is -3.92. The summed E-state index contributed by atoms with van der Waals surface area (Å²) in [6, 6.07) is 16.0. The Morgan fingerprint density at radius 1 is 0.971 bits per heavy atom. The zero-order valence-corrected chi connectivity index (χ0v) is 18.8. The van der Waals surface area contributed by atoms with Crippen molar-refractivity contribution in [1.82, 2.24) is 10.3 Å². The standard InChI is InChI=1S/C24H21N3O6S/c28-22(27-15-7-8-19-21(10-15)32-14-31-19)13-34-24-17(4-3-9-25-24)23(29)26-11-16-12-30-18-5-1-2-6-20(18)33-16/h1-10,16H,11-14H2,(H,26,29)(H,27,28). The van der Waals surface area contributed by atoms with E-state index >= 15 is 0 Å². The van der Waals surface area contributed by atoms with Crippen LogP contribution in [0.15, 0.2) is 65.8 Å². The Morgan fingerprint density at radius 3 is 2.71 bits per heavy atom. The van der Waals surface area contributed by atoms with Crippen LogP contribution in [0, 0.1) is 0 Å². The van der Waals surface area contributed by atoms with Crippen LogP contribution in [-0.4, -0.2) is 48.6 Å². The van der Waals surface area contributed by atoms with Gasteiger partial charge in [0.1, 0.15) is 17.7 Å².